The van der Waals surface area contributed by atoms with Gasteiger partial charge in [-0.25, -0.2) is 0 Å². The Balaban J connectivity index is 2.28. The molecule has 0 radical (unpaired) electrons. The number of carbonyl (C=O) groups is 1. The second-order valence-corrected chi connectivity index (χ2v) is 4.76. The first kappa shape index (κ1) is 14.0. The highest BCUT2D eigenvalue weighted by atomic mass is 35.5. The highest BCUT2D eigenvalue weighted by Gasteiger charge is 2.29. The first-order chi connectivity index (χ1) is 9.21. The highest BCUT2D eigenvalue weighted by molar-refractivity contribution is 6.27. The van der Waals surface area contributed by atoms with E-state index < -0.39 is 0 Å². The number of nitrogens with zero attached hydrogens (tertiary/aromatic N) is 1. The highest BCUT2D eigenvalue weighted by Crippen LogP contribution is 2.36. The van der Waals surface area contributed by atoms with Crippen molar-refractivity contribution in [2.75, 3.05) is 26.6 Å². The number of amides is 1. The number of ether oxygens (including phenoxy) is 2. The summed E-state index contributed by atoms with van der Waals surface area (Å²) in [7, 11) is 3.22. The quantitative estimate of drug-likeness (QED) is 0.798. The zero-order valence-electron chi connectivity index (χ0n) is 11.2. The van der Waals surface area contributed by atoms with Crippen molar-refractivity contribution in [3.05, 3.63) is 23.8 Å². The van der Waals surface area contributed by atoms with Crippen LogP contribution in [0.4, 0.5) is 0 Å². The number of alkyl halides is 1. The fourth-order valence-electron chi connectivity index (χ4n) is 2.55. The minimum Gasteiger partial charge on any atom is -0.493 e. The van der Waals surface area contributed by atoms with E-state index in [0.717, 1.165) is 24.9 Å². The summed E-state index contributed by atoms with van der Waals surface area (Å²) in [5.41, 5.74) is 1.06. The predicted molar refractivity (Wildman–Crippen MR) is 74.0 cm³/mol. The van der Waals surface area contributed by atoms with Crippen LogP contribution in [0.3, 0.4) is 0 Å². The fourth-order valence-corrected chi connectivity index (χ4v) is 2.70. The number of likely N-dealkylation sites (tertiary alicyclic amines) is 1. The van der Waals surface area contributed by atoms with E-state index in [2.05, 4.69) is 0 Å². The normalized spacial score (nSPS) is 18.5. The van der Waals surface area contributed by atoms with Crippen LogP contribution in [0.25, 0.3) is 0 Å². The van der Waals surface area contributed by atoms with Gasteiger partial charge in [-0.1, -0.05) is 6.07 Å². The van der Waals surface area contributed by atoms with Crippen molar-refractivity contribution in [2.45, 2.75) is 18.9 Å². The van der Waals surface area contributed by atoms with Crippen LogP contribution in [0.15, 0.2) is 18.2 Å². The molecule has 0 unspecified atom stereocenters. The van der Waals surface area contributed by atoms with Gasteiger partial charge in [0.05, 0.1) is 20.3 Å². The van der Waals surface area contributed by atoms with Gasteiger partial charge >= 0.3 is 0 Å². The number of halogens is 1. The summed E-state index contributed by atoms with van der Waals surface area (Å²) >= 11 is 5.66. The molecule has 104 valence electrons. The van der Waals surface area contributed by atoms with Gasteiger partial charge in [-0.15, -0.1) is 11.6 Å². The third-order valence-corrected chi connectivity index (χ3v) is 3.71. The van der Waals surface area contributed by atoms with Crippen LogP contribution in [0, 0.1) is 0 Å². The molecule has 4 nitrogen and oxygen atoms in total. The van der Waals surface area contributed by atoms with Crippen LogP contribution in [-0.2, 0) is 4.79 Å². The van der Waals surface area contributed by atoms with E-state index >= 15 is 0 Å². The smallest absolute Gasteiger partial charge is 0.238 e. The molecule has 1 atom stereocenters. The van der Waals surface area contributed by atoms with Crippen LogP contribution < -0.4 is 9.47 Å². The number of rotatable bonds is 4. The Morgan fingerprint density at radius 3 is 2.74 bits per heavy atom. The summed E-state index contributed by atoms with van der Waals surface area (Å²) < 4.78 is 10.5. The van der Waals surface area contributed by atoms with Crippen molar-refractivity contribution in [2.24, 2.45) is 0 Å². The van der Waals surface area contributed by atoms with Crippen molar-refractivity contribution in [3.8, 4) is 11.5 Å². The fraction of sp³-hybridized carbons (Fsp3) is 0.500. The topological polar surface area (TPSA) is 38.8 Å². The second kappa shape index (κ2) is 6.15. The molecule has 1 amide bonds. The molecule has 19 heavy (non-hydrogen) atoms. The second-order valence-electron chi connectivity index (χ2n) is 4.49. The minimum absolute atomic E-state index is 0.0149. The molecule has 1 fully saturated rings. The maximum absolute atomic E-state index is 11.8. The SMILES string of the molecule is COc1ccc([C@@H]2CCCN2C(=O)CCl)cc1OC. The first-order valence-corrected chi connectivity index (χ1v) is 6.82. The molecule has 1 heterocycles. The average Bonchev–Trinajstić information content (AvgIpc) is 2.95. The zero-order valence-corrected chi connectivity index (χ0v) is 11.9. The molecule has 5 heteroatoms. The molecule has 1 aromatic carbocycles. The Labute approximate surface area is 118 Å². The third kappa shape index (κ3) is 2.78. The zero-order chi connectivity index (χ0) is 13.8. The molecule has 0 bridgehead atoms. The molecule has 1 aromatic rings. The van der Waals surface area contributed by atoms with Crippen LogP contribution in [0.2, 0.25) is 0 Å². The number of benzene rings is 1. The van der Waals surface area contributed by atoms with Crippen molar-refractivity contribution >= 4 is 17.5 Å². The Hall–Kier alpha value is -1.42. The lowest BCUT2D eigenvalue weighted by atomic mass is 10.0. The number of methoxy groups -OCH3 is 2. The standard InChI is InChI=1S/C14H18ClNO3/c1-18-12-6-5-10(8-13(12)19-2)11-4-3-7-16(11)14(17)9-15/h5-6,8,11H,3-4,7,9H2,1-2H3/t11-/m0/s1. The molecule has 0 aromatic heterocycles. The third-order valence-electron chi connectivity index (χ3n) is 3.48. The maximum atomic E-state index is 11.8. The maximum Gasteiger partial charge on any atom is 0.238 e. The summed E-state index contributed by atoms with van der Waals surface area (Å²) in [5.74, 6) is 1.40. The Kier molecular flexibility index (Phi) is 4.53. The summed E-state index contributed by atoms with van der Waals surface area (Å²) in [6.07, 6.45) is 1.96. The Bertz CT molecular complexity index is 464. The van der Waals surface area contributed by atoms with Crippen molar-refractivity contribution < 1.29 is 14.3 Å². The Morgan fingerprint density at radius 2 is 2.11 bits per heavy atom. The van der Waals surface area contributed by atoms with Gasteiger partial charge < -0.3 is 14.4 Å². The minimum atomic E-state index is -0.0149. The number of hydrogen-bond acceptors (Lipinski definition) is 3. The van der Waals surface area contributed by atoms with E-state index in [0.29, 0.717) is 11.5 Å². The molecule has 0 spiro atoms. The van der Waals surface area contributed by atoms with Gasteiger partial charge in [0.2, 0.25) is 5.91 Å². The molecule has 2 rings (SSSR count). The van der Waals surface area contributed by atoms with E-state index in [1.54, 1.807) is 14.2 Å². The molecule has 0 N–H and O–H groups in total. The molecule has 1 aliphatic heterocycles. The van der Waals surface area contributed by atoms with Gasteiger partial charge in [0.15, 0.2) is 11.5 Å². The predicted octanol–water partition coefficient (Wildman–Crippen LogP) is 2.61. The van der Waals surface area contributed by atoms with Gasteiger partial charge in [0.1, 0.15) is 5.88 Å². The van der Waals surface area contributed by atoms with E-state index in [-0.39, 0.29) is 17.8 Å². The van der Waals surface area contributed by atoms with Gasteiger partial charge in [0, 0.05) is 6.54 Å². The molecule has 0 aliphatic carbocycles. The van der Waals surface area contributed by atoms with Gasteiger partial charge in [-0.05, 0) is 30.5 Å². The number of carbonyl (C=O) groups excluding carboxylic acids is 1. The molecule has 1 aliphatic rings. The van der Waals surface area contributed by atoms with E-state index in [4.69, 9.17) is 21.1 Å². The van der Waals surface area contributed by atoms with Crippen LogP contribution >= 0.6 is 11.6 Å². The van der Waals surface area contributed by atoms with Crippen LogP contribution in [0.5, 0.6) is 11.5 Å². The largest absolute Gasteiger partial charge is 0.493 e. The monoisotopic (exact) mass is 283 g/mol. The molecule has 1 saturated heterocycles. The lowest BCUT2D eigenvalue weighted by molar-refractivity contribution is -0.129. The average molecular weight is 284 g/mol. The van der Waals surface area contributed by atoms with Crippen molar-refractivity contribution in [1.82, 2.24) is 4.90 Å². The molecular formula is C14H18ClNO3. The summed E-state index contributed by atoms with van der Waals surface area (Å²) in [5, 5.41) is 0. The summed E-state index contributed by atoms with van der Waals surface area (Å²) in [6.45, 7) is 0.768. The van der Waals surface area contributed by atoms with Crippen molar-refractivity contribution in [3.63, 3.8) is 0 Å². The Morgan fingerprint density at radius 1 is 1.37 bits per heavy atom. The summed E-state index contributed by atoms with van der Waals surface area (Å²) in [6, 6.07) is 5.87. The lowest BCUT2D eigenvalue weighted by Crippen LogP contribution is -2.31. The molecular weight excluding hydrogens is 266 g/mol. The van der Waals surface area contributed by atoms with Gasteiger partial charge in [0.25, 0.3) is 0 Å². The first-order valence-electron chi connectivity index (χ1n) is 6.28. The lowest BCUT2D eigenvalue weighted by Gasteiger charge is -2.25. The van der Waals surface area contributed by atoms with Crippen molar-refractivity contribution in [1.29, 1.82) is 0 Å². The summed E-state index contributed by atoms with van der Waals surface area (Å²) in [4.78, 5) is 13.7. The van der Waals surface area contributed by atoms with E-state index in [1.807, 2.05) is 23.1 Å². The number of hydrogen-bond donors (Lipinski definition) is 0. The van der Waals surface area contributed by atoms with Crippen LogP contribution in [0.1, 0.15) is 24.4 Å². The van der Waals surface area contributed by atoms with Gasteiger partial charge in [-0.2, -0.15) is 0 Å². The van der Waals surface area contributed by atoms with Gasteiger partial charge in [-0.3, -0.25) is 4.79 Å². The van der Waals surface area contributed by atoms with E-state index in [9.17, 15) is 4.79 Å². The van der Waals surface area contributed by atoms with E-state index in [1.165, 1.54) is 0 Å². The van der Waals surface area contributed by atoms with Crippen LogP contribution in [-0.4, -0.2) is 37.5 Å². The molecule has 0 saturated carbocycles.